The van der Waals surface area contributed by atoms with Crippen molar-refractivity contribution in [3.8, 4) is 0 Å². The van der Waals surface area contributed by atoms with E-state index in [1.165, 1.54) is 5.56 Å². The average Bonchev–Trinajstić information content (AvgIpc) is 2.00. The van der Waals surface area contributed by atoms with Crippen LogP contribution in [0, 0.1) is 13.8 Å². The standard InChI is InChI=1S/C10H15NO/c1-4-5-9-6-7(2)11-10(12)8(9)3/h6H,4-5H2,1-3H3,(H,11,12). The largest absolute Gasteiger partial charge is 0.326 e. The van der Waals surface area contributed by atoms with Crippen LogP contribution in [0.1, 0.15) is 30.2 Å². The molecule has 12 heavy (non-hydrogen) atoms. The second-order valence-electron chi connectivity index (χ2n) is 3.18. The number of aryl methyl sites for hydroxylation is 2. The number of H-pyrrole nitrogens is 1. The Kier molecular flexibility index (Phi) is 2.69. The average molecular weight is 165 g/mol. The zero-order valence-corrected chi connectivity index (χ0v) is 7.90. The summed E-state index contributed by atoms with van der Waals surface area (Å²) in [6, 6.07) is 2.06. The topological polar surface area (TPSA) is 32.9 Å². The van der Waals surface area contributed by atoms with Gasteiger partial charge in [-0.2, -0.15) is 0 Å². The molecule has 0 saturated heterocycles. The van der Waals surface area contributed by atoms with Gasteiger partial charge in [0, 0.05) is 11.3 Å². The summed E-state index contributed by atoms with van der Waals surface area (Å²) in [6.45, 7) is 5.92. The Hall–Kier alpha value is -1.05. The van der Waals surface area contributed by atoms with Crippen LogP contribution in [0.15, 0.2) is 10.9 Å². The highest BCUT2D eigenvalue weighted by Gasteiger charge is 2.01. The van der Waals surface area contributed by atoms with Crippen molar-refractivity contribution in [2.45, 2.75) is 33.6 Å². The van der Waals surface area contributed by atoms with Crippen molar-refractivity contribution in [3.63, 3.8) is 0 Å². The number of aromatic amines is 1. The number of hydrogen-bond acceptors (Lipinski definition) is 1. The van der Waals surface area contributed by atoms with Crippen molar-refractivity contribution in [1.29, 1.82) is 0 Å². The molecule has 2 nitrogen and oxygen atoms in total. The number of rotatable bonds is 2. The number of nitrogens with one attached hydrogen (secondary N) is 1. The lowest BCUT2D eigenvalue weighted by molar-refractivity contribution is 0.896. The molecule has 0 atom stereocenters. The first kappa shape index (κ1) is 9.04. The van der Waals surface area contributed by atoms with E-state index in [-0.39, 0.29) is 5.56 Å². The Labute approximate surface area is 72.6 Å². The molecule has 1 N–H and O–H groups in total. The van der Waals surface area contributed by atoms with E-state index in [0.717, 1.165) is 24.1 Å². The molecule has 0 radical (unpaired) electrons. The van der Waals surface area contributed by atoms with E-state index in [1.54, 1.807) is 0 Å². The van der Waals surface area contributed by atoms with Gasteiger partial charge in [0.1, 0.15) is 0 Å². The van der Waals surface area contributed by atoms with Gasteiger partial charge in [-0.3, -0.25) is 4.79 Å². The van der Waals surface area contributed by atoms with Crippen LogP contribution in [0.3, 0.4) is 0 Å². The summed E-state index contributed by atoms with van der Waals surface area (Å²) in [6.07, 6.45) is 2.08. The van der Waals surface area contributed by atoms with E-state index in [9.17, 15) is 4.79 Å². The van der Waals surface area contributed by atoms with Gasteiger partial charge in [-0.1, -0.05) is 13.3 Å². The minimum atomic E-state index is 0.0541. The van der Waals surface area contributed by atoms with Gasteiger partial charge >= 0.3 is 0 Å². The lowest BCUT2D eigenvalue weighted by Crippen LogP contribution is -2.13. The van der Waals surface area contributed by atoms with Crippen molar-refractivity contribution >= 4 is 0 Å². The van der Waals surface area contributed by atoms with Crippen LogP contribution in [0.5, 0.6) is 0 Å². The summed E-state index contributed by atoms with van der Waals surface area (Å²) >= 11 is 0. The summed E-state index contributed by atoms with van der Waals surface area (Å²) < 4.78 is 0. The van der Waals surface area contributed by atoms with E-state index >= 15 is 0 Å². The van der Waals surface area contributed by atoms with Gasteiger partial charge in [0.15, 0.2) is 0 Å². The summed E-state index contributed by atoms with van der Waals surface area (Å²) in [7, 11) is 0. The Morgan fingerprint density at radius 2 is 2.08 bits per heavy atom. The van der Waals surface area contributed by atoms with Gasteiger partial charge in [0.05, 0.1) is 0 Å². The van der Waals surface area contributed by atoms with Crippen molar-refractivity contribution in [3.05, 3.63) is 33.2 Å². The van der Waals surface area contributed by atoms with Gasteiger partial charge in [0.25, 0.3) is 5.56 Å². The molecule has 0 aliphatic heterocycles. The molecule has 0 bridgehead atoms. The van der Waals surface area contributed by atoms with Crippen LogP contribution in [-0.4, -0.2) is 4.98 Å². The minimum Gasteiger partial charge on any atom is -0.326 e. The molecule has 0 fully saturated rings. The zero-order chi connectivity index (χ0) is 9.14. The maximum atomic E-state index is 11.3. The monoisotopic (exact) mass is 165 g/mol. The van der Waals surface area contributed by atoms with E-state index in [4.69, 9.17) is 0 Å². The molecule has 0 aromatic carbocycles. The summed E-state index contributed by atoms with van der Waals surface area (Å²) in [4.78, 5) is 14.1. The molecule has 0 aliphatic carbocycles. The van der Waals surface area contributed by atoms with Crippen molar-refractivity contribution in [2.75, 3.05) is 0 Å². The minimum absolute atomic E-state index is 0.0541. The highest BCUT2D eigenvalue weighted by Crippen LogP contribution is 2.06. The molecule has 1 aromatic rings. The second-order valence-corrected chi connectivity index (χ2v) is 3.18. The van der Waals surface area contributed by atoms with Gasteiger partial charge in [0.2, 0.25) is 0 Å². The summed E-state index contributed by atoms with van der Waals surface area (Å²) in [5, 5.41) is 0. The van der Waals surface area contributed by atoms with Crippen LogP contribution in [0.25, 0.3) is 0 Å². The van der Waals surface area contributed by atoms with Crippen LogP contribution in [0.2, 0.25) is 0 Å². The number of hydrogen-bond donors (Lipinski definition) is 1. The maximum Gasteiger partial charge on any atom is 0.251 e. The maximum absolute atomic E-state index is 11.3. The Morgan fingerprint density at radius 1 is 1.42 bits per heavy atom. The van der Waals surface area contributed by atoms with Crippen molar-refractivity contribution in [2.24, 2.45) is 0 Å². The van der Waals surface area contributed by atoms with Gasteiger partial charge in [-0.05, 0) is 31.9 Å². The number of aromatic nitrogens is 1. The molecule has 0 amide bonds. The Bertz CT molecular complexity index is 325. The fraction of sp³-hybridized carbons (Fsp3) is 0.500. The molecule has 66 valence electrons. The molecule has 1 heterocycles. The third-order valence-electron chi connectivity index (χ3n) is 2.04. The Morgan fingerprint density at radius 3 is 2.67 bits per heavy atom. The quantitative estimate of drug-likeness (QED) is 0.713. The van der Waals surface area contributed by atoms with E-state index in [0.29, 0.717) is 0 Å². The smallest absolute Gasteiger partial charge is 0.251 e. The molecule has 0 saturated carbocycles. The van der Waals surface area contributed by atoms with E-state index < -0.39 is 0 Å². The van der Waals surface area contributed by atoms with Crippen LogP contribution < -0.4 is 5.56 Å². The second kappa shape index (κ2) is 3.57. The molecule has 0 spiro atoms. The highest BCUT2D eigenvalue weighted by atomic mass is 16.1. The fourth-order valence-electron chi connectivity index (χ4n) is 1.35. The first-order valence-corrected chi connectivity index (χ1v) is 4.34. The van der Waals surface area contributed by atoms with Gasteiger partial charge in [-0.25, -0.2) is 0 Å². The lowest BCUT2D eigenvalue weighted by atomic mass is 10.1. The van der Waals surface area contributed by atoms with E-state index in [2.05, 4.69) is 18.0 Å². The van der Waals surface area contributed by atoms with E-state index in [1.807, 2.05) is 13.8 Å². The third kappa shape index (κ3) is 1.76. The fourth-order valence-corrected chi connectivity index (χ4v) is 1.35. The lowest BCUT2D eigenvalue weighted by Gasteiger charge is -2.03. The van der Waals surface area contributed by atoms with Crippen molar-refractivity contribution in [1.82, 2.24) is 4.98 Å². The predicted octanol–water partition coefficient (Wildman–Crippen LogP) is 1.94. The molecule has 1 aromatic heterocycles. The highest BCUT2D eigenvalue weighted by molar-refractivity contribution is 5.25. The van der Waals surface area contributed by atoms with Crippen LogP contribution in [0.4, 0.5) is 0 Å². The van der Waals surface area contributed by atoms with Gasteiger partial charge < -0.3 is 4.98 Å². The Balaban J connectivity index is 3.18. The van der Waals surface area contributed by atoms with Crippen molar-refractivity contribution < 1.29 is 0 Å². The summed E-state index contributed by atoms with van der Waals surface area (Å²) in [5.74, 6) is 0. The van der Waals surface area contributed by atoms with Gasteiger partial charge in [-0.15, -0.1) is 0 Å². The first-order valence-electron chi connectivity index (χ1n) is 4.34. The zero-order valence-electron chi connectivity index (χ0n) is 7.90. The SMILES string of the molecule is CCCc1cc(C)[nH]c(=O)c1C. The molecular formula is C10H15NO. The molecular weight excluding hydrogens is 150 g/mol. The molecule has 1 rings (SSSR count). The first-order chi connectivity index (χ1) is 5.65. The number of pyridine rings is 1. The van der Waals surface area contributed by atoms with Crippen LogP contribution in [-0.2, 0) is 6.42 Å². The molecule has 0 unspecified atom stereocenters. The normalized spacial score (nSPS) is 10.2. The predicted molar refractivity (Wildman–Crippen MR) is 50.5 cm³/mol. The molecule has 0 aliphatic rings. The third-order valence-corrected chi connectivity index (χ3v) is 2.04. The van der Waals surface area contributed by atoms with Crippen LogP contribution >= 0.6 is 0 Å². The molecule has 2 heteroatoms. The summed E-state index contributed by atoms with van der Waals surface area (Å²) in [5.41, 5.74) is 3.05.